The van der Waals surface area contributed by atoms with E-state index in [2.05, 4.69) is 53.4 Å². The van der Waals surface area contributed by atoms with Gasteiger partial charge in [-0.25, -0.2) is 0 Å². The van der Waals surface area contributed by atoms with Crippen LogP contribution in [0.15, 0.2) is 36.5 Å². The van der Waals surface area contributed by atoms with Gasteiger partial charge in [-0.3, -0.25) is 4.98 Å². The van der Waals surface area contributed by atoms with Crippen molar-refractivity contribution in [2.24, 2.45) is 0 Å². The van der Waals surface area contributed by atoms with Crippen LogP contribution < -0.4 is 10.2 Å². The van der Waals surface area contributed by atoms with Crippen molar-refractivity contribution < 1.29 is 0 Å². The Labute approximate surface area is 114 Å². The summed E-state index contributed by atoms with van der Waals surface area (Å²) in [6.45, 7) is 3.44. The van der Waals surface area contributed by atoms with Crippen LogP contribution in [0.5, 0.6) is 0 Å². The highest BCUT2D eigenvalue weighted by molar-refractivity contribution is 5.82. The third-order valence-corrected chi connectivity index (χ3v) is 4.20. The molecule has 0 amide bonds. The Hall–Kier alpha value is -1.61. The van der Waals surface area contributed by atoms with Crippen molar-refractivity contribution in [1.82, 2.24) is 10.3 Å². The molecular weight excluding hydrogens is 234 g/mol. The van der Waals surface area contributed by atoms with Gasteiger partial charge in [-0.05, 0) is 51.1 Å². The average Bonchev–Trinajstić information content (AvgIpc) is 2.46. The molecule has 0 saturated carbocycles. The van der Waals surface area contributed by atoms with Gasteiger partial charge in [0.05, 0.1) is 5.52 Å². The van der Waals surface area contributed by atoms with Crippen LogP contribution in [0.1, 0.15) is 19.8 Å². The number of rotatable bonds is 2. The number of piperidine rings is 1. The molecule has 2 unspecified atom stereocenters. The van der Waals surface area contributed by atoms with Crippen LogP contribution >= 0.6 is 0 Å². The lowest BCUT2D eigenvalue weighted by molar-refractivity contribution is 0.387. The number of hydrogen-bond acceptors (Lipinski definition) is 3. The fourth-order valence-corrected chi connectivity index (χ4v) is 3.06. The summed E-state index contributed by atoms with van der Waals surface area (Å²) in [5.74, 6) is 0. The van der Waals surface area contributed by atoms with Crippen molar-refractivity contribution in [3.8, 4) is 0 Å². The topological polar surface area (TPSA) is 28.2 Å². The summed E-state index contributed by atoms with van der Waals surface area (Å²) in [4.78, 5) is 6.90. The molecule has 1 N–H and O–H groups in total. The number of pyridine rings is 1. The largest absolute Gasteiger partial charge is 0.369 e. The number of nitrogens with zero attached hydrogens (tertiary/aromatic N) is 2. The zero-order chi connectivity index (χ0) is 13.2. The molecule has 0 aliphatic carbocycles. The molecule has 1 aromatic carbocycles. The minimum Gasteiger partial charge on any atom is -0.369 e. The molecule has 1 aliphatic heterocycles. The molecule has 3 heteroatoms. The summed E-state index contributed by atoms with van der Waals surface area (Å²) in [6, 6.07) is 12.0. The summed E-state index contributed by atoms with van der Waals surface area (Å²) in [5.41, 5.74) is 2.39. The first-order valence-electron chi connectivity index (χ1n) is 7.06. The highest BCUT2D eigenvalue weighted by Gasteiger charge is 2.24. The average molecular weight is 255 g/mol. The summed E-state index contributed by atoms with van der Waals surface area (Å²) < 4.78 is 0. The summed E-state index contributed by atoms with van der Waals surface area (Å²) in [5, 5.41) is 4.62. The van der Waals surface area contributed by atoms with E-state index >= 15 is 0 Å². The smallest absolute Gasteiger partial charge is 0.0703 e. The van der Waals surface area contributed by atoms with Crippen molar-refractivity contribution in [2.45, 2.75) is 31.8 Å². The van der Waals surface area contributed by atoms with E-state index in [4.69, 9.17) is 0 Å². The minimum absolute atomic E-state index is 0.584. The maximum Gasteiger partial charge on any atom is 0.0703 e. The molecule has 100 valence electrons. The second-order valence-electron chi connectivity index (χ2n) is 5.43. The number of aromatic nitrogens is 1. The number of benzene rings is 1. The fraction of sp³-hybridized carbons (Fsp3) is 0.438. The SMILES string of the molecule is CNC1CCN(c2ccc3ncccc3c2)C(C)C1. The van der Waals surface area contributed by atoms with Crippen molar-refractivity contribution in [3.63, 3.8) is 0 Å². The van der Waals surface area contributed by atoms with Crippen molar-refractivity contribution in [3.05, 3.63) is 36.5 Å². The Morgan fingerprint density at radius 1 is 1.32 bits per heavy atom. The van der Waals surface area contributed by atoms with E-state index in [1.165, 1.54) is 23.9 Å². The van der Waals surface area contributed by atoms with Crippen molar-refractivity contribution in [1.29, 1.82) is 0 Å². The molecule has 3 nitrogen and oxygen atoms in total. The number of hydrogen-bond donors (Lipinski definition) is 1. The van der Waals surface area contributed by atoms with E-state index in [9.17, 15) is 0 Å². The predicted octanol–water partition coefficient (Wildman–Crippen LogP) is 2.81. The van der Waals surface area contributed by atoms with Gasteiger partial charge in [0.1, 0.15) is 0 Å². The first-order chi connectivity index (χ1) is 9.28. The van der Waals surface area contributed by atoms with Gasteiger partial charge in [0, 0.05) is 35.9 Å². The van der Waals surface area contributed by atoms with Crippen molar-refractivity contribution in [2.75, 3.05) is 18.5 Å². The minimum atomic E-state index is 0.584. The highest BCUT2D eigenvalue weighted by Crippen LogP contribution is 2.27. The summed E-state index contributed by atoms with van der Waals surface area (Å²) in [6.07, 6.45) is 4.27. The van der Waals surface area contributed by atoms with Crippen LogP contribution in [-0.2, 0) is 0 Å². The molecule has 1 fully saturated rings. The monoisotopic (exact) mass is 255 g/mol. The molecule has 1 saturated heterocycles. The van der Waals surface area contributed by atoms with E-state index in [1.54, 1.807) is 0 Å². The van der Waals surface area contributed by atoms with Crippen LogP contribution in [0.4, 0.5) is 5.69 Å². The lowest BCUT2D eigenvalue weighted by atomic mass is 9.97. The van der Waals surface area contributed by atoms with Crippen LogP contribution in [0.3, 0.4) is 0 Å². The Morgan fingerprint density at radius 2 is 2.21 bits per heavy atom. The highest BCUT2D eigenvalue weighted by atomic mass is 15.2. The standard InChI is InChI=1S/C16H21N3/c1-12-10-14(17-2)7-9-19(12)15-5-6-16-13(11-15)4-3-8-18-16/h3-6,8,11-12,14,17H,7,9-10H2,1-2H3. The third-order valence-electron chi connectivity index (χ3n) is 4.20. The van der Waals surface area contributed by atoms with Gasteiger partial charge in [0.2, 0.25) is 0 Å². The number of nitrogens with one attached hydrogen (secondary N) is 1. The first-order valence-corrected chi connectivity index (χ1v) is 7.06. The van der Waals surface area contributed by atoms with Crippen LogP contribution in [0.25, 0.3) is 10.9 Å². The van der Waals surface area contributed by atoms with Gasteiger partial charge in [-0.2, -0.15) is 0 Å². The Balaban J connectivity index is 1.87. The molecule has 0 bridgehead atoms. The Kier molecular flexibility index (Phi) is 3.38. The number of fused-ring (bicyclic) bond motifs is 1. The van der Waals surface area contributed by atoms with Gasteiger partial charge >= 0.3 is 0 Å². The van der Waals surface area contributed by atoms with Gasteiger partial charge in [-0.15, -0.1) is 0 Å². The second-order valence-corrected chi connectivity index (χ2v) is 5.43. The summed E-state index contributed by atoms with van der Waals surface area (Å²) in [7, 11) is 2.06. The lowest BCUT2D eigenvalue weighted by Gasteiger charge is -2.39. The maximum atomic E-state index is 4.38. The number of anilines is 1. The first kappa shape index (κ1) is 12.4. The van der Waals surface area contributed by atoms with Crippen LogP contribution in [0.2, 0.25) is 0 Å². The van der Waals surface area contributed by atoms with E-state index in [1.807, 2.05) is 12.3 Å². The maximum absolute atomic E-state index is 4.38. The Bertz CT molecular complexity index is 567. The molecule has 0 radical (unpaired) electrons. The zero-order valence-corrected chi connectivity index (χ0v) is 11.6. The predicted molar refractivity (Wildman–Crippen MR) is 80.6 cm³/mol. The van der Waals surface area contributed by atoms with E-state index in [0.717, 1.165) is 12.1 Å². The van der Waals surface area contributed by atoms with Crippen LogP contribution in [-0.4, -0.2) is 30.7 Å². The normalized spacial score (nSPS) is 23.8. The van der Waals surface area contributed by atoms with E-state index < -0.39 is 0 Å². The molecule has 2 heterocycles. The van der Waals surface area contributed by atoms with Crippen molar-refractivity contribution >= 4 is 16.6 Å². The quantitative estimate of drug-likeness (QED) is 0.894. The van der Waals surface area contributed by atoms with Gasteiger partial charge < -0.3 is 10.2 Å². The van der Waals surface area contributed by atoms with Gasteiger partial charge in [-0.1, -0.05) is 6.07 Å². The van der Waals surface area contributed by atoms with E-state index in [0.29, 0.717) is 12.1 Å². The summed E-state index contributed by atoms with van der Waals surface area (Å²) >= 11 is 0. The van der Waals surface area contributed by atoms with E-state index in [-0.39, 0.29) is 0 Å². The molecule has 0 spiro atoms. The molecule has 2 aromatic rings. The fourth-order valence-electron chi connectivity index (χ4n) is 3.06. The van der Waals surface area contributed by atoms with Gasteiger partial charge in [0.25, 0.3) is 0 Å². The van der Waals surface area contributed by atoms with Crippen LogP contribution in [0, 0.1) is 0 Å². The zero-order valence-electron chi connectivity index (χ0n) is 11.6. The molecule has 1 aliphatic rings. The second kappa shape index (κ2) is 5.17. The Morgan fingerprint density at radius 3 is 3.00 bits per heavy atom. The van der Waals surface area contributed by atoms with Gasteiger partial charge in [0.15, 0.2) is 0 Å². The molecule has 2 atom stereocenters. The third kappa shape index (κ3) is 2.43. The molecule has 1 aromatic heterocycles. The molecule has 3 rings (SSSR count). The molecule has 19 heavy (non-hydrogen) atoms. The lowest BCUT2D eigenvalue weighted by Crippen LogP contribution is -2.46. The molecular formula is C16H21N3.